The molecule has 0 bridgehead atoms. The number of ether oxygens (including phenoxy) is 1. The van der Waals surface area contributed by atoms with Crippen LogP contribution in [-0.2, 0) is 17.8 Å². The zero-order valence-electron chi connectivity index (χ0n) is 19.9. The summed E-state index contributed by atoms with van der Waals surface area (Å²) in [4.78, 5) is 20.5. The van der Waals surface area contributed by atoms with Gasteiger partial charge in [-0.1, -0.05) is 31.2 Å². The predicted octanol–water partition coefficient (Wildman–Crippen LogP) is 3.82. The van der Waals surface area contributed by atoms with Gasteiger partial charge in [-0.15, -0.1) is 24.0 Å². The third kappa shape index (κ3) is 10.5. The van der Waals surface area contributed by atoms with E-state index in [1.165, 1.54) is 12.8 Å². The van der Waals surface area contributed by atoms with Gasteiger partial charge >= 0.3 is 6.09 Å². The maximum Gasteiger partial charge on any atom is 0.410 e. The third-order valence-electron chi connectivity index (χ3n) is 4.99. The highest BCUT2D eigenvalue weighted by atomic mass is 127. The molecule has 2 rings (SSSR count). The predicted molar refractivity (Wildman–Crippen MR) is 138 cm³/mol. The summed E-state index contributed by atoms with van der Waals surface area (Å²) in [6.45, 7) is 12.1. The van der Waals surface area contributed by atoms with Gasteiger partial charge in [-0.3, -0.25) is 9.89 Å². The molecule has 0 saturated heterocycles. The second-order valence-electron chi connectivity index (χ2n) is 8.87. The number of guanidine groups is 1. The van der Waals surface area contributed by atoms with Gasteiger partial charge in [-0.2, -0.15) is 0 Å². The van der Waals surface area contributed by atoms with Crippen molar-refractivity contribution < 1.29 is 9.53 Å². The molecule has 31 heavy (non-hydrogen) atoms. The topological polar surface area (TPSA) is 69.2 Å². The number of rotatable bonds is 9. The first-order valence-electron chi connectivity index (χ1n) is 10.9. The van der Waals surface area contributed by atoms with Crippen LogP contribution in [0.4, 0.5) is 4.79 Å². The fraction of sp³-hybridized carbons (Fsp3) is 0.652. The molecule has 176 valence electrons. The molecule has 1 amide bonds. The SMILES string of the molecule is CCN(CCNC(=NC)NCc1ccc(CN(C)C(=O)OC(C)(C)C)cc1)C1CC1.I. The molecular formula is C23H40IN5O2. The highest BCUT2D eigenvalue weighted by molar-refractivity contribution is 14.0. The second-order valence-corrected chi connectivity index (χ2v) is 8.87. The summed E-state index contributed by atoms with van der Waals surface area (Å²) in [5.41, 5.74) is 1.74. The lowest BCUT2D eigenvalue weighted by Gasteiger charge is -2.24. The van der Waals surface area contributed by atoms with Crippen LogP contribution in [0.2, 0.25) is 0 Å². The summed E-state index contributed by atoms with van der Waals surface area (Å²) in [6, 6.07) is 9.03. The molecule has 2 N–H and O–H groups in total. The molecule has 0 spiro atoms. The quantitative estimate of drug-likeness (QED) is 0.281. The molecule has 1 fully saturated rings. The van der Waals surface area contributed by atoms with Crippen molar-refractivity contribution in [2.24, 2.45) is 4.99 Å². The average molecular weight is 546 g/mol. The monoisotopic (exact) mass is 545 g/mol. The summed E-state index contributed by atoms with van der Waals surface area (Å²) in [5, 5.41) is 6.76. The Bertz CT molecular complexity index is 699. The Balaban J connectivity index is 0.00000480. The lowest BCUT2D eigenvalue weighted by molar-refractivity contribution is 0.0285. The molecule has 0 unspecified atom stereocenters. The van der Waals surface area contributed by atoms with Crippen molar-refractivity contribution in [2.45, 2.75) is 65.3 Å². The van der Waals surface area contributed by atoms with Gasteiger partial charge < -0.3 is 20.3 Å². The number of likely N-dealkylation sites (N-methyl/N-ethyl adjacent to an activating group) is 1. The molecule has 0 heterocycles. The normalized spacial score (nSPS) is 14.1. The zero-order chi connectivity index (χ0) is 22.1. The number of halogens is 1. The number of aliphatic imine (C=N–C) groups is 1. The van der Waals surface area contributed by atoms with Gasteiger partial charge in [-0.05, 0) is 51.3 Å². The lowest BCUT2D eigenvalue weighted by atomic mass is 10.1. The summed E-state index contributed by atoms with van der Waals surface area (Å²) in [5.74, 6) is 0.815. The standard InChI is InChI=1S/C23H39N5O2.HI/c1-7-28(20-12-13-20)15-14-25-21(24-5)26-16-18-8-10-19(11-9-18)17-27(6)22(29)30-23(2,3)4;/h8-11,20H,7,12-17H2,1-6H3,(H2,24,25,26);1H. The number of hydrogen-bond donors (Lipinski definition) is 2. The Kier molecular flexibility index (Phi) is 11.6. The third-order valence-corrected chi connectivity index (χ3v) is 4.99. The van der Waals surface area contributed by atoms with E-state index in [4.69, 9.17) is 4.74 Å². The molecule has 0 radical (unpaired) electrons. The Hall–Kier alpha value is -1.55. The van der Waals surface area contributed by atoms with Crippen LogP contribution >= 0.6 is 24.0 Å². The number of carbonyl (C=O) groups is 1. The first-order valence-corrected chi connectivity index (χ1v) is 10.9. The van der Waals surface area contributed by atoms with Gasteiger partial charge in [0.25, 0.3) is 0 Å². The van der Waals surface area contributed by atoms with Crippen LogP contribution in [0.3, 0.4) is 0 Å². The van der Waals surface area contributed by atoms with Crippen molar-refractivity contribution in [3.05, 3.63) is 35.4 Å². The van der Waals surface area contributed by atoms with Crippen molar-refractivity contribution in [1.29, 1.82) is 0 Å². The first-order chi connectivity index (χ1) is 14.2. The maximum atomic E-state index is 12.1. The highest BCUT2D eigenvalue weighted by Gasteiger charge is 2.27. The molecule has 7 nitrogen and oxygen atoms in total. The lowest BCUT2D eigenvalue weighted by Crippen LogP contribution is -2.41. The van der Waals surface area contributed by atoms with Crippen LogP contribution in [0, 0.1) is 0 Å². The molecule has 1 aromatic carbocycles. The highest BCUT2D eigenvalue weighted by Crippen LogP contribution is 2.25. The minimum absolute atomic E-state index is 0. The van der Waals surface area contributed by atoms with Gasteiger partial charge in [-0.25, -0.2) is 4.79 Å². The van der Waals surface area contributed by atoms with Gasteiger partial charge in [0.2, 0.25) is 0 Å². The number of nitrogens with one attached hydrogen (secondary N) is 2. The van der Waals surface area contributed by atoms with E-state index < -0.39 is 5.60 Å². The Morgan fingerprint density at radius 3 is 2.29 bits per heavy atom. The van der Waals surface area contributed by atoms with Crippen LogP contribution < -0.4 is 10.6 Å². The van der Waals surface area contributed by atoms with E-state index in [1.807, 2.05) is 32.9 Å². The van der Waals surface area contributed by atoms with Gasteiger partial charge in [0.1, 0.15) is 5.60 Å². The molecule has 0 atom stereocenters. The molecule has 8 heteroatoms. The average Bonchev–Trinajstić information content (AvgIpc) is 3.52. The van der Waals surface area contributed by atoms with Crippen molar-refractivity contribution in [2.75, 3.05) is 33.7 Å². The van der Waals surface area contributed by atoms with Crippen LogP contribution in [0.1, 0.15) is 51.7 Å². The first kappa shape index (κ1) is 27.5. The number of amides is 1. The summed E-state index contributed by atoms with van der Waals surface area (Å²) in [7, 11) is 3.55. The fourth-order valence-electron chi connectivity index (χ4n) is 3.20. The molecule has 1 aliphatic rings. The molecule has 0 aliphatic heterocycles. The van der Waals surface area contributed by atoms with Crippen molar-refractivity contribution in [1.82, 2.24) is 20.4 Å². The smallest absolute Gasteiger partial charge is 0.410 e. The van der Waals surface area contributed by atoms with E-state index in [0.29, 0.717) is 13.1 Å². The van der Waals surface area contributed by atoms with E-state index in [-0.39, 0.29) is 30.1 Å². The largest absolute Gasteiger partial charge is 0.444 e. The number of carbonyl (C=O) groups excluding carboxylic acids is 1. The zero-order valence-corrected chi connectivity index (χ0v) is 22.2. The van der Waals surface area contributed by atoms with Crippen LogP contribution in [0.15, 0.2) is 29.3 Å². The number of benzene rings is 1. The van der Waals surface area contributed by atoms with E-state index in [2.05, 4.69) is 39.6 Å². The summed E-state index contributed by atoms with van der Waals surface area (Å²) in [6.07, 6.45) is 2.36. The summed E-state index contributed by atoms with van der Waals surface area (Å²) < 4.78 is 5.40. The number of hydrogen-bond acceptors (Lipinski definition) is 4. The van der Waals surface area contributed by atoms with Gasteiger partial charge in [0, 0.05) is 46.3 Å². The van der Waals surface area contributed by atoms with E-state index in [1.54, 1.807) is 19.0 Å². The van der Waals surface area contributed by atoms with Gasteiger partial charge in [0.05, 0.1) is 0 Å². The Morgan fingerprint density at radius 2 is 1.77 bits per heavy atom. The molecule has 1 saturated carbocycles. The Morgan fingerprint density at radius 1 is 1.16 bits per heavy atom. The second kappa shape index (κ2) is 13.1. The summed E-state index contributed by atoms with van der Waals surface area (Å²) >= 11 is 0. The van der Waals surface area contributed by atoms with Crippen molar-refractivity contribution in [3.8, 4) is 0 Å². The van der Waals surface area contributed by atoms with Crippen molar-refractivity contribution in [3.63, 3.8) is 0 Å². The van der Waals surface area contributed by atoms with Gasteiger partial charge in [0.15, 0.2) is 5.96 Å². The van der Waals surface area contributed by atoms with E-state index >= 15 is 0 Å². The maximum absolute atomic E-state index is 12.1. The molecule has 0 aromatic heterocycles. The van der Waals surface area contributed by atoms with Crippen molar-refractivity contribution >= 4 is 36.0 Å². The molecular weight excluding hydrogens is 505 g/mol. The van der Waals surface area contributed by atoms with Crippen LogP contribution in [0.5, 0.6) is 0 Å². The Labute approximate surface area is 205 Å². The number of nitrogens with zero attached hydrogens (tertiary/aromatic N) is 3. The van der Waals surface area contributed by atoms with Crippen LogP contribution in [-0.4, -0.2) is 67.2 Å². The molecule has 1 aromatic rings. The van der Waals surface area contributed by atoms with E-state index in [9.17, 15) is 4.79 Å². The van der Waals surface area contributed by atoms with Crippen LogP contribution in [0.25, 0.3) is 0 Å². The van der Waals surface area contributed by atoms with E-state index in [0.717, 1.165) is 42.8 Å². The minimum Gasteiger partial charge on any atom is -0.444 e. The fourth-order valence-corrected chi connectivity index (χ4v) is 3.20. The molecule has 1 aliphatic carbocycles. The minimum atomic E-state index is -0.486.